The van der Waals surface area contributed by atoms with Gasteiger partial charge in [-0.15, -0.1) is 0 Å². The fraction of sp³-hybridized carbons (Fsp3) is 0.250. The van der Waals surface area contributed by atoms with Crippen molar-refractivity contribution < 1.29 is 9.13 Å². The fourth-order valence-corrected chi connectivity index (χ4v) is 0.890. The predicted octanol–water partition coefficient (Wildman–Crippen LogP) is 1.51. The molecule has 3 N–H and O–H groups in total. The number of rotatable bonds is 3. The molecule has 0 atom stereocenters. The first kappa shape index (κ1) is 8.80. The lowest BCUT2D eigenvalue weighted by Crippen LogP contribution is -2.08. The van der Waals surface area contributed by atoms with Gasteiger partial charge in [0.15, 0.2) is 0 Å². The van der Waals surface area contributed by atoms with Crippen LogP contribution in [0.15, 0.2) is 18.2 Å². The van der Waals surface area contributed by atoms with E-state index in [0.717, 1.165) is 0 Å². The van der Waals surface area contributed by atoms with Gasteiger partial charge in [-0.25, -0.2) is 4.39 Å². The van der Waals surface area contributed by atoms with Gasteiger partial charge in [0.05, 0.1) is 12.3 Å². The molecule has 1 rings (SSSR count). The molecule has 0 aliphatic heterocycles. The molecule has 0 amide bonds. The maximum absolute atomic E-state index is 12.7. The molecule has 4 heteroatoms. The van der Waals surface area contributed by atoms with Gasteiger partial charge < -0.3 is 10.2 Å². The van der Waals surface area contributed by atoms with Crippen LogP contribution in [-0.4, -0.2) is 6.61 Å². The minimum Gasteiger partial charge on any atom is -0.492 e. The molecule has 0 aromatic heterocycles. The van der Waals surface area contributed by atoms with E-state index < -0.39 is 0 Å². The smallest absolute Gasteiger partial charge is 0.146 e. The molecule has 1 aromatic rings. The maximum atomic E-state index is 12.7. The highest BCUT2D eigenvalue weighted by atomic mass is 19.1. The third-order valence-corrected chi connectivity index (χ3v) is 1.40. The van der Waals surface area contributed by atoms with Crippen LogP contribution in [0.5, 0.6) is 5.75 Å². The Balaban J connectivity index is 2.95. The topological polar surface area (TPSA) is 47.3 Å². The second-order valence-electron chi connectivity index (χ2n) is 2.22. The van der Waals surface area contributed by atoms with Crippen LogP contribution in [0.2, 0.25) is 0 Å². The Bertz CT molecular complexity index is 265. The number of nitrogen functional groups attached to an aromatic ring is 1. The second kappa shape index (κ2) is 3.92. The average Bonchev–Trinajstić information content (AvgIpc) is 2.05. The van der Waals surface area contributed by atoms with Crippen LogP contribution in [0.1, 0.15) is 6.92 Å². The van der Waals surface area contributed by atoms with Crippen molar-refractivity contribution in [2.24, 2.45) is 5.84 Å². The van der Waals surface area contributed by atoms with Crippen molar-refractivity contribution in [1.29, 1.82) is 0 Å². The van der Waals surface area contributed by atoms with E-state index in [4.69, 9.17) is 10.6 Å². The zero-order valence-corrected chi connectivity index (χ0v) is 6.80. The summed E-state index contributed by atoms with van der Waals surface area (Å²) < 4.78 is 17.8. The molecule has 0 aliphatic carbocycles. The van der Waals surface area contributed by atoms with Crippen LogP contribution < -0.4 is 16.0 Å². The number of halogens is 1. The minimum atomic E-state index is -0.336. The summed E-state index contributed by atoms with van der Waals surface area (Å²) in [5.74, 6) is 5.27. The van der Waals surface area contributed by atoms with Gasteiger partial charge >= 0.3 is 0 Å². The van der Waals surface area contributed by atoms with Crippen molar-refractivity contribution in [1.82, 2.24) is 0 Å². The average molecular weight is 170 g/mol. The summed E-state index contributed by atoms with van der Waals surface area (Å²) in [6.07, 6.45) is 0. The summed E-state index contributed by atoms with van der Waals surface area (Å²) in [5, 5.41) is 0. The van der Waals surface area contributed by atoms with Gasteiger partial charge in [0.2, 0.25) is 0 Å². The van der Waals surface area contributed by atoms with Gasteiger partial charge in [0, 0.05) is 6.07 Å². The quantitative estimate of drug-likeness (QED) is 0.534. The fourth-order valence-electron chi connectivity index (χ4n) is 0.890. The molecule has 0 saturated carbocycles. The highest BCUT2D eigenvalue weighted by Gasteiger charge is 2.02. The minimum absolute atomic E-state index is 0.336. The van der Waals surface area contributed by atoms with Crippen molar-refractivity contribution in [3.8, 4) is 5.75 Å². The molecule has 0 spiro atoms. The zero-order valence-electron chi connectivity index (χ0n) is 6.80. The van der Waals surface area contributed by atoms with E-state index in [1.165, 1.54) is 18.2 Å². The molecule has 3 nitrogen and oxygen atoms in total. The number of hydrogen-bond acceptors (Lipinski definition) is 3. The maximum Gasteiger partial charge on any atom is 0.146 e. The molecule has 0 aliphatic rings. The van der Waals surface area contributed by atoms with E-state index in [2.05, 4.69) is 5.43 Å². The Labute approximate surface area is 70.3 Å². The molecule has 0 bridgehead atoms. The molecule has 0 heterocycles. The first-order valence-electron chi connectivity index (χ1n) is 3.67. The van der Waals surface area contributed by atoms with Crippen molar-refractivity contribution in [3.63, 3.8) is 0 Å². The lowest BCUT2D eigenvalue weighted by molar-refractivity contribution is 0.340. The Morgan fingerprint density at radius 3 is 2.92 bits per heavy atom. The first-order chi connectivity index (χ1) is 5.77. The Morgan fingerprint density at radius 1 is 1.58 bits per heavy atom. The summed E-state index contributed by atoms with van der Waals surface area (Å²) in [4.78, 5) is 0. The number of nitrogens with two attached hydrogens (primary N) is 1. The number of hydrazine groups is 1. The number of hydrogen-bond donors (Lipinski definition) is 2. The van der Waals surface area contributed by atoms with Gasteiger partial charge in [-0.05, 0) is 19.1 Å². The van der Waals surface area contributed by atoms with E-state index in [1.54, 1.807) is 0 Å². The van der Waals surface area contributed by atoms with Crippen molar-refractivity contribution in [3.05, 3.63) is 24.0 Å². The SMILES string of the molecule is CCOc1cc(F)ccc1NN. The third-order valence-electron chi connectivity index (χ3n) is 1.40. The molecule has 0 fully saturated rings. The molecule has 12 heavy (non-hydrogen) atoms. The van der Waals surface area contributed by atoms with E-state index in [9.17, 15) is 4.39 Å². The first-order valence-corrected chi connectivity index (χ1v) is 3.67. The van der Waals surface area contributed by atoms with Crippen molar-refractivity contribution in [2.75, 3.05) is 12.0 Å². The number of ether oxygens (including phenoxy) is 1. The van der Waals surface area contributed by atoms with Crippen LogP contribution in [0.25, 0.3) is 0 Å². The zero-order chi connectivity index (χ0) is 8.97. The van der Waals surface area contributed by atoms with Crippen LogP contribution in [0.3, 0.4) is 0 Å². The normalized spacial score (nSPS) is 9.58. The van der Waals surface area contributed by atoms with E-state index in [-0.39, 0.29) is 5.82 Å². The van der Waals surface area contributed by atoms with Crippen LogP contribution in [0, 0.1) is 5.82 Å². The van der Waals surface area contributed by atoms with E-state index in [0.29, 0.717) is 18.0 Å². The van der Waals surface area contributed by atoms with Crippen LogP contribution in [0.4, 0.5) is 10.1 Å². The van der Waals surface area contributed by atoms with Gasteiger partial charge in [0.25, 0.3) is 0 Å². The Kier molecular flexibility index (Phi) is 2.88. The third kappa shape index (κ3) is 1.85. The molecule has 0 saturated heterocycles. The lowest BCUT2D eigenvalue weighted by Gasteiger charge is -2.08. The summed E-state index contributed by atoms with van der Waals surface area (Å²) in [7, 11) is 0. The number of nitrogens with one attached hydrogen (secondary N) is 1. The second-order valence-corrected chi connectivity index (χ2v) is 2.22. The van der Waals surface area contributed by atoms with E-state index in [1.807, 2.05) is 6.92 Å². The van der Waals surface area contributed by atoms with Gasteiger partial charge in [-0.2, -0.15) is 0 Å². The van der Waals surface area contributed by atoms with Gasteiger partial charge in [-0.1, -0.05) is 0 Å². The Hall–Kier alpha value is -1.29. The summed E-state index contributed by atoms with van der Waals surface area (Å²) >= 11 is 0. The predicted molar refractivity (Wildman–Crippen MR) is 45.4 cm³/mol. The largest absolute Gasteiger partial charge is 0.492 e. The number of benzene rings is 1. The molecule has 0 unspecified atom stereocenters. The van der Waals surface area contributed by atoms with Crippen LogP contribution >= 0.6 is 0 Å². The van der Waals surface area contributed by atoms with Crippen molar-refractivity contribution >= 4 is 5.69 Å². The van der Waals surface area contributed by atoms with Crippen molar-refractivity contribution in [2.45, 2.75) is 6.92 Å². The molecular formula is C8H11FN2O. The monoisotopic (exact) mass is 170 g/mol. The summed E-state index contributed by atoms with van der Waals surface area (Å²) in [5.41, 5.74) is 3.00. The van der Waals surface area contributed by atoms with Gasteiger partial charge in [-0.3, -0.25) is 5.84 Å². The molecule has 66 valence electrons. The lowest BCUT2D eigenvalue weighted by atomic mass is 10.3. The van der Waals surface area contributed by atoms with E-state index >= 15 is 0 Å². The highest BCUT2D eigenvalue weighted by molar-refractivity contribution is 5.55. The molecule has 0 radical (unpaired) electrons. The van der Waals surface area contributed by atoms with Gasteiger partial charge in [0.1, 0.15) is 11.6 Å². The molecule has 1 aromatic carbocycles. The Morgan fingerprint density at radius 2 is 2.33 bits per heavy atom. The van der Waals surface area contributed by atoms with Crippen LogP contribution in [-0.2, 0) is 0 Å². The number of anilines is 1. The standard InChI is InChI=1S/C8H11FN2O/c1-2-12-8-5-6(9)3-4-7(8)11-10/h3-5,11H,2,10H2,1H3. The molecular weight excluding hydrogens is 159 g/mol. The highest BCUT2D eigenvalue weighted by Crippen LogP contribution is 2.23. The summed E-state index contributed by atoms with van der Waals surface area (Å²) in [6, 6.07) is 4.14. The summed E-state index contributed by atoms with van der Waals surface area (Å²) in [6.45, 7) is 2.31.